The predicted octanol–water partition coefficient (Wildman–Crippen LogP) is 0.545. The molecule has 7 rings (SSSR count). The van der Waals surface area contributed by atoms with Crippen molar-refractivity contribution < 1.29 is 87.4 Å². The van der Waals surface area contributed by atoms with Crippen molar-refractivity contribution in [3.05, 3.63) is 75.3 Å². The zero-order chi connectivity index (χ0) is 55.4. The molecule has 0 saturated carbocycles. The van der Waals surface area contributed by atoms with E-state index in [4.69, 9.17) is 19.2 Å². The van der Waals surface area contributed by atoms with Gasteiger partial charge in [-0.3, -0.25) is 33.7 Å². The summed E-state index contributed by atoms with van der Waals surface area (Å²) in [7, 11) is 0. The third-order valence-electron chi connectivity index (χ3n) is 11.3. The average molecular weight is 1130 g/mol. The lowest BCUT2D eigenvalue weighted by Crippen LogP contribution is -2.70. The molecule has 2 unspecified atom stereocenters. The van der Waals surface area contributed by atoms with Crippen LogP contribution in [0.5, 0.6) is 0 Å². The number of fused-ring (bicyclic) bond motifs is 2. The van der Waals surface area contributed by atoms with Crippen LogP contribution in [0.3, 0.4) is 0 Å². The van der Waals surface area contributed by atoms with Gasteiger partial charge in [0.15, 0.2) is 41.1 Å². The Labute approximate surface area is 446 Å². The van der Waals surface area contributed by atoms with E-state index in [0.29, 0.717) is 16.9 Å². The highest BCUT2D eigenvalue weighted by molar-refractivity contribution is 8.00. The first kappa shape index (κ1) is 56.1. The van der Waals surface area contributed by atoms with Crippen LogP contribution < -0.4 is 31.3 Å². The van der Waals surface area contributed by atoms with Crippen LogP contribution in [0, 0.1) is 5.41 Å². The zero-order valence-corrected chi connectivity index (χ0v) is 44.1. The van der Waals surface area contributed by atoms with Crippen LogP contribution in [0.4, 0.5) is 10.3 Å². The second-order valence-corrected chi connectivity index (χ2v) is 22.3. The SMILES string of the molecule is CC(C)(CO/N=C(\C(=O)NC(C(=O)Nc1nc(/C(=N/OC(C)(C)C(=O)O)C(=O)N[C@@H]2C(=O)N3C4=C(COC4=O)CS[C@H]23)cs1)C1NC(C(=O)O)=C(C[n+]2ccccc2)CS1)c1csc(NOC(C)(C)C(=O)O)n1)C(=O)O. The third-order valence-corrected chi connectivity index (χ3v) is 15.4. The van der Waals surface area contributed by atoms with E-state index in [1.807, 2.05) is 0 Å². The van der Waals surface area contributed by atoms with Crippen LogP contribution in [-0.4, -0.2) is 159 Å². The normalized spacial score (nSPS) is 19.2. The smallest absolute Gasteiger partial charge is 0.355 e. The number of aliphatic carboxylic acids is 4. The summed E-state index contributed by atoms with van der Waals surface area (Å²) in [6.07, 6.45) is 3.44. The van der Waals surface area contributed by atoms with Gasteiger partial charge in [-0.2, -0.15) is 0 Å². The van der Waals surface area contributed by atoms with Crippen LogP contribution in [-0.2, 0) is 68.9 Å². The van der Waals surface area contributed by atoms with Gasteiger partial charge in [-0.25, -0.2) is 39.2 Å². The van der Waals surface area contributed by atoms with E-state index in [1.165, 1.54) is 55.1 Å². The van der Waals surface area contributed by atoms with Crippen molar-refractivity contribution >= 4 is 121 Å². The van der Waals surface area contributed by atoms with Gasteiger partial charge < -0.3 is 56.1 Å². The number of anilines is 2. The van der Waals surface area contributed by atoms with Gasteiger partial charge in [0.2, 0.25) is 10.7 Å². The molecular formula is C44H48N11O17S4+. The minimum absolute atomic E-state index is 0.0233. The number of nitrogens with zero attached hydrogens (tertiary/aromatic N) is 6. The van der Waals surface area contributed by atoms with Gasteiger partial charge in [0.25, 0.3) is 23.6 Å². The maximum atomic E-state index is 14.6. The number of carbonyl (C=O) groups is 9. The molecule has 0 spiro atoms. The molecule has 0 bridgehead atoms. The van der Waals surface area contributed by atoms with E-state index in [9.17, 15) is 63.6 Å². The number of pyridine rings is 1. The Morgan fingerprint density at radius 3 is 2.14 bits per heavy atom. The number of amides is 4. The first-order valence-electron chi connectivity index (χ1n) is 22.3. The molecule has 404 valence electrons. The first-order chi connectivity index (χ1) is 35.8. The first-order valence-corrected chi connectivity index (χ1v) is 26.2. The van der Waals surface area contributed by atoms with Gasteiger partial charge in [-0.15, -0.1) is 46.2 Å². The van der Waals surface area contributed by atoms with Gasteiger partial charge in [0.05, 0.1) is 5.41 Å². The summed E-state index contributed by atoms with van der Waals surface area (Å²) in [6, 6.07) is 2.34. The summed E-state index contributed by atoms with van der Waals surface area (Å²) in [5.74, 6) is -9.63. The lowest BCUT2D eigenvalue weighted by atomic mass is 9.96. The van der Waals surface area contributed by atoms with E-state index in [0.717, 1.165) is 48.3 Å². The van der Waals surface area contributed by atoms with E-state index in [-0.39, 0.29) is 51.9 Å². The predicted molar refractivity (Wildman–Crippen MR) is 268 cm³/mol. The number of carboxylic acid groups (broad SMARTS) is 4. The number of aromatic nitrogens is 3. The molecule has 1 saturated heterocycles. The number of hydrogen-bond donors (Lipinski definition) is 9. The van der Waals surface area contributed by atoms with Crippen molar-refractivity contribution in [2.24, 2.45) is 15.7 Å². The summed E-state index contributed by atoms with van der Waals surface area (Å²) in [4.78, 5) is 143. The number of β-lactam (4-membered cyclic amide) rings is 1. The van der Waals surface area contributed by atoms with Crippen LogP contribution in [0.1, 0.15) is 52.9 Å². The van der Waals surface area contributed by atoms with E-state index >= 15 is 0 Å². The Kier molecular flexibility index (Phi) is 16.7. The number of carbonyl (C=O) groups excluding carboxylic acids is 5. The molecule has 9 N–H and O–H groups in total. The second-order valence-electron chi connectivity index (χ2n) is 18.4. The summed E-state index contributed by atoms with van der Waals surface area (Å²) in [5.41, 5.74) is -3.77. The number of hydrogen-bond acceptors (Lipinski definition) is 23. The fourth-order valence-corrected chi connectivity index (χ4v) is 10.6. The number of thioether (sulfide) groups is 2. The molecule has 0 radical (unpaired) electrons. The molecule has 4 amide bonds. The van der Waals surface area contributed by atoms with Crippen molar-refractivity contribution in [3.8, 4) is 0 Å². The van der Waals surface area contributed by atoms with Gasteiger partial charge in [-0.05, 0) is 41.5 Å². The molecule has 1 fully saturated rings. The number of cyclic esters (lactones) is 1. The van der Waals surface area contributed by atoms with Crippen LogP contribution in [0.2, 0.25) is 0 Å². The number of carboxylic acids is 4. The molecule has 4 aliphatic heterocycles. The highest BCUT2D eigenvalue weighted by atomic mass is 32.2. The molecule has 4 atom stereocenters. The molecule has 3 aromatic heterocycles. The van der Waals surface area contributed by atoms with Crippen LogP contribution >= 0.6 is 46.2 Å². The molecule has 7 heterocycles. The van der Waals surface area contributed by atoms with Crippen LogP contribution in [0.15, 0.2) is 74.2 Å². The lowest BCUT2D eigenvalue weighted by Gasteiger charge is -2.48. The number of thiazole rings is 2. The van der Waals surface area contributed by atoms with Gasteiger partial charge in [0.1, 0.15) is 58.8 Å². The Morgan fingerprint density at radius 1 is 0.855 bits per heavy atom. The molecule has 4 aliphatic rings. The van der Waals surface area contributed by atoms with Crippen molar-refractivity contribution in [2.45, 2.75) is 82.1 Å². The van der Waals surface area contributed by atoms with Gasteiger partial charge in [0, 0.05) is 45.5 Å². The minimum atomic E-state index is -1.99. The summed E-state index contributed by atoms with van der Waals surface area (Å²) >= 11 is 3.88. The molecule has 28 nitrogen and oxygen atoms in total. The largest absolute Gasteiger partial charge is 0.481 e. The average Bonchev–Trinajstić information content (AvgIpc) is 4.13. The van der Waals surface area contributed by atoms with Crippen molar-refractivity contribution in [1.82, 2.24) is 30.8 Å². The number of esters is 1. The maximum Gasteiger partial charge on any atom is 0.355 e. The molecule has 76 heavy (non-hydrogen) atoms. The zero-order valence-electron chi connectivity index (χ0n) is 40.8. The summed E-state index contributed by atoms with van der Waals surface area (Å²) in [5, 5.41) is 57.9. The summed E-state index contributed by atoms with van der Waals surface area (Å²) < 4.78 is 6.81. The lowest BCUT2D eigenvalue weighted by molar-refractivity contribution is -0.689. The monoisotopic (exact) mass is 1130 g/mol. The molecule has 0 aromatic carbocycles. The van der Waals surface area contributed by atoms with Crippen molar-refractivity contribution in [2.75, 3.05) is 35.5 Å². The Hall–Kier alpha value is -7.68. The number of rotatable bonds is 23. The Bertz CT molecular complexity index is 3010. The number of ether oxygens (including phenoxy) is 1. The molecule has 3 aromatic rings. The topological polar surface area (TPSA) is 389 Å². The number of nitrogens with one attached hydrogen (secondary N) is 5. The number of oxime groups is 2. The second kappa shape index (κ2) is 22.7. The van der Waals surface area contributed by atoms with E-state index in [1.54, 1.807) is 35.2 Å². The van der Waals surface area contributed by atoms with E-state index in [2.05, 4.69) is 47.0 Å². The Morgan fingerprint density at radius 2 is 1.50 bits per heavy atom. The Balaban J connectivity index is 1.19. The molecule has 0 aliphatic carbocycles. The standard InChI is InChI=1S/C44H47N11O17S4/c1-42(2,37(63)64)18-70-51-24(21-17-76-41(46-21)53-72-44(5,6)39(67)68)29(56)47-26(32-49-23(35(60)61)19(14-73-32)12-54-10-8-7-9-11-54)31(58)50-40-45-22(16-75-40)25(52-71-43(3,4)38(65)66)30(57)48-27-33(59)55-28-20(13-69-36(28)62)15-74-34(27)55/h7-11,16-17,26-27,32,34,49H,12-15,18H2,1-6H3,(H7-,45,46,47,48,50,53,56,57,58,60,61,63,64,65,66,67,68)/p+1/b51-24-,52-25-/t26?,27-,32?,34-/m1/s1. The van der Waals surface area contributed by atoms with Crippen molar-refractivity contribution in [3.63, 3.8) is 0 Å². The van der Waals surface area contributed by atoms with Gasteiger partial charge >= 0.3 is 29.8 Å². The highest BCUT2D eigenvalue weighted by Gasteiger charge is 2.56. The highest BCUT2D eigenvalue weighted by Crippen LogP contribution is 2.42. The maximum absolute atomic E-state index is 14.6. The summed E-state index contributed by atoms with van der Waals surface area (Å²) in [6.45, 7) is 7.07. The molecular weight excluding hydrogens is 1080 g/mol. The minimum Gasteiger partial charge on any atom is -0.481 e. The third kappa shape index (κ3) is 12.5. The fourth-order valence-electron chi connectivity index (χ4n) is 6.72. The molecule has 32 heteroatoms. The van der Waals surface area contributed by atoms with Gasteiger partial charge in [-0.1, -0.05) is 16.4 Å². The van der Waals surface area contributed by atoms with Crippen molar-refractivity contribution in [1.29, 1.82) is 0 Å². The van der Waals surface area contributed by atoms with E-state index < -0.39 is 111 Å². The van der Waals surface area contributed by atoms with Crippen LogP contribution in [0.25, 0.3) is 0 Å². The quantitative estimate of drug-likeness (QED) is 0.0206. The fraction of sp³-hybridized carbons (Fsp3) is 0.409.